The number of allylic oxidation sites excluding steroid dienone is 4. The van der Waals surface area contributed by atoms with E-state index in [0.29, 0.717) is 6.42 Å². The molecule has 23 heavy (non-hydrogen) atoms. The van der Waals surface area contributed by atoms with Crippen molar-refractivity contribution in [1.29, 1.82) is 0 Å². The minimum absolute atomic E-state index is 0.0750. The zero-order chi connectivity index (χ0) is 17.4. The first-order chi connectivity index (χ1) is 10.5. The molecule has 128 valence electrons. The van der Waals surface area contributed by atoms with E-state index in [4.69, 9.17) is 0 Å². The Morgan fingerprint density at radius 3 is 2.39 bits per heavy atom. The van der Waals surface area contributed by atoms with Crippen LogP contribution in [0.15, 0.2) is 23.3 Å². The van der Waals surface area contributed by atoms with Gasteiger partial charge in [-0.25, -0.2) is 0 Å². The van der Waals surface area contributed by atoms with Crippen LogP contribution in [-0.4, -0.2) is 11.8 Å². The van der Waals surface area contributed by atoms with Gasteiger partial charge in [-0.15, -0.1) is 0 Å². The fourth-order valence-corrected chi connectivity index (χ4v) is 3.44. The molecule has 2 aliphatic rings. The third-order valence-electron chi connectivity index (χ3n) is 5.74. The second-order valence-electron chi connectivity index (χ2n) is 8.80. The van der Waals surface area contributed by atoms with Gasteiger partial charge >= 0.3 is 0 Å². The van der Waals surface area contributed by atoms with Gasteiger partial charge in [-0.1, -0.05) is 57.9 Å². The first kappa shape index (κ1) is 18.0. The Balaban J connectivity index is 2.02. The first-order valence-corrected chi connectivity index (χ1v) is 8.74. The molecular formula is C20H31NO2. The van der Waals surface area contributed by atoms with Crippen LogP contribution in [0.3, 0.4) is 0 Å². The van der Waals surface area contributed by atoms with Crippen molar-refractivity contribution in [3.05, 3.63) is 23.3 Å². The third kappa shape index (κ3) is 3.94. The summed E-state index contributed by atoms with van der Waals surface area (Å²) in [7, 11) is 0. The highest BCUT2D eigenvalue weighted by Gasteiger charge is 2.44. The molecule has 0 saturated carbocycles. The van der Waals surface area contributed by atoms with E-state index in [1.165, 1.54) is 11.1 Å². The van der Waals surface area contributed by atoms with E-state index in [1.807, 2.05) is 0 Å². The summed E-state index contributed by atoms with van der Waals surface area (Å²) in [6.45, 7) is 13.4. The molecule has 1 heterocycles. The average Bonchev–Trinajstić information content (AvgIpc) is 2.72. The highest BCUT2D eigenvalue weighted by atomic mass is 16.2. The molecule has 1 N–H and O–H groups in total. The molecule has 2 amide bonds. The van der Waals surface area contributed by atoms with Gasteiger partial charge in [0.2, 0.25) is 11.8 Å². The third-order valence-corrected chi connectivity index (χ3v) is 5.74. The molecule has 0 aromatic heterocycles. The SMILES string of the molecule is C/C(=C\CCC(C)(C)C1=CCC2C(=O)NC(=O)C2C1)C(C)(C)C. The van der Waals surface area contributed by atoms with E-state index < -0.39 is 0 Å². The molecule has 0 radical (unpaired) electrons. The van der Waals surface area contributed by atoms with Crippen molar-refractivity contribution >= 4 is 11.8 Å². The van der Waals surface area contributed by atoms with Crippen LogP contribution in [0.4, 0.5) is 0 Å². The molecule has 1 aliphatic heterocycles. The van der Waals surface area contributed by atoms with Gasteiger partial charge in [-0.3, -0.25) is 14.9 Å². The quantitative estimate of drug-likeness (QED) is 0.617. The van der Waals surface area contributed by atoms with Crippen LogP contribution in [0.25, 0.3) is 0 Å². The van der Waals surface area contributed by atoms with Gasteiger partial charge in [0.25, 0.3) is 0 Å². The summed E-state index contributed by atoms with van der Waals surface area (Å²) in [6, 6.07) is 0. The van der Waals surface area contributed by atoms with Crippen molar-refractivity contribution in [2.45, 2.75) is 67.2 Å². The number of hydrogen-bond donors (Lipinski definition) is 1. The maximum Gasteiger partial charge on any atom is 0.230 e. The molecule has 1 saturated heterocycles. The fraction of sp³-hybridized carbons (Fsp3) is 0.700. The summed E-state index contributed by atoms with van der Waals surface area (Å²) < 4.78 is 0. The summed E-state index contributed by atoms with van der Waals surface area (Å²) in [5.74, 6) is -0.444. The summed E-state index contributed by atoms with van der Waals surface area (Å²) in [4.78, 5) is 23.7. The number of imide groups is 1. The van der Waals surface area contributed by atoms with E-state index in [2.05, 4.69) is 59.0 Å². The predicted molar refractivity (Wildman–Crippen MR) is 93.7 cm³/mol. The summed E-state index contributed by atoms with van der Waals surface area (Å²) in [6.07, 6.45) is 8.11. The van der Waals surface area contributed by atoms with Crippen molar-refractivity contribution in [2.75, 3.05) is 0 Å². The molecule has 3 heteroatoms. The average molecular weight is 317 g/mol. The molecular weight excluding hydrogens is 286 g/mol. The summed E-state index contributed by atoms with van der Waals surface area (Å²) in [5, 5.41) is 2.48. The van der Waals surface area contributed by atoms with E-state index in [1.54, 1.807) is 0 Å². The fourth-order valence-electron chi connectivity index (χ4n) is 3.44. The normalized spacial score (nSPS) is 26.0. The Kier molecular flexibility index (Phi) is 4.89. The predicted octanol–water partition coefficient (Wildman–Crippen LogP) is 4.39. The molecule has 2 rings (SSSR count). The van der Waals surface area contributed by atoms with Crippen LogP contribution in [0.5, 0.6) is 0 Å². The lowest BCUT2D eigenvalue weighted by molar-refractivity contribution is -0.126. The highest BCUT2D eigenvalue weighted by Crippen LogP contribution is 2.43. The van der Waals surface area contributed by atoms with Gasteiger partial charge in [0.05, 0.1) is 11.8 Å². The largest absolute Gasteiger partial charge is 0.296 e. The number of nitrogens with one attached hydrogen (secondary N) is 1. The second kappa shape index (κ2) is 6.26. The molecule has 1 aliphatic carbocycles. The van der Waals surface area contributed by atoms with E-state index in [-0.39, 0.29) is 34.5 Å². The van der Waals surface area contributed by atoms with Crippen LogP contribution < -0.4 is 5.32 Å². The number of carbonyl (C=O) groups is 2. The Bertz CT molecular complexity index is 561. The molecule has 0 spiro atoms. The molecule has 0 aromatic carbocycles. The van der Waals surface area contributed by atoms with Gasteiger partial charge in [0.1, 0.15) is 0 Å². The maximum absolute atomic E-state index is 11.9. The van der Waals surface area contributed by atoms with Crippen molar-refractivity contribution in [2.24, 2.45) is 22.7 Å². The standard InChI is InChI=1S/C20H31NO2/c1-13(19(2,3)4)8-7-11-20(5,6)14-9-10-15-16(12-14)18(23)21-17(15)22/h8-9,15-16H,7,10-12H2,1-6H3,(H,21,22,23)/b13-8+. The minimum atomic E-state index is -0.145. The van der Waals surface area contributed by atoms with E-state index in [0.717, 1.165) is 19.3 Å². The van der Waals surface area contributed by atoms with Crippen LogP contribution in [-0.2, 0) is 9.59 Å². The van der Waals surface area contributed by atoms with Crippen LogP contribution in [0.1, 0.15) is 67.2 Å². The van der Waals surface area contributed by atoms with Gasteiger partial charge < -0.3 is 0 Å². The Morgan fingerprint density at radius 2 is 1.78 bits per heavy atom. The Morgan fingerprint density at radius 1 is 1.17 bits per heavy atom. The van der Waals surface area contributed by atoms with Crippen molar-refractivity contribution < 1.29 is 9.59 Å². The lowest BCUT2D eigenvalue weighted by Gasteiger charge is -2.33. The topological polar surface area (TPSA) is 46.2 Å². The molecule has 1 fully saturated rings. The number of hydrogen-bond acceptors (Lipinski definition) is 2. The number of rotatable bonds is 4. The van der Waals surface area contributed by atoms with Gasteiger partial charge in [0, 0.05) is 0 Å². The molecule has 2 atom stereocenters. The molecule has 0 bridgehead atoms. The van der Waals surface area contributed by atoms with E-state index in [9.17, 15) is 9.59 Å². The lowest BCUT2D eigenvalue weighted by Crippen LogP contribution is -2.27. The first-order valence-electron chi connectivity index (χ1n) is 8.74. The number of carbonyl (C=O) groups excluding carboxylic acids is 2. The summed E-state index contributed by atoms with van der Waals surface area (Å²) >= 11 is 0. The van der Waals surface area contributed by atoms with E-state index >= 15 is 0 Å². The Hall–Kier alpha value is -1.38. The molecule has 2 unspecified atom stereocenters. The number of fused-ring (bicyclic) bond motifs is 1. The highest BCUT2D eigenvalue weighted by molar-refractivity contribution is 6.05. The zero-order valence-corrected chi connectivity index (χ0v) is 15.5. The van der Waals surface area contributed by atoms with Crippen molar-refractivity contribution in [3.8, 4) is 0 Å². The van der Waals surface area contributed by atoms with Crippen molar-refractivity contribution in [1.82, 2.24) is 5.32 Å². The maximum atomic E-state index is 11.9. The zero-order valence-electron chi connectivity index (χ0n) is 15.5. The smallest absolute Gasteiger partial charge is 0.230 e. The Labute approximate surface area is 140 Å². The van der Waals surface area contributed by atoms with Gasteiger partial charge in [-0.05, 0) is 43.4 Å². The monoisotopic (exact) mass is 317 g/mol. The molecule has 0 aromatic rings. The van der Waals surface area contributed by atoms with Gasteiger partial charge in [-0.2, -0.15) is 0 Å². The minimum Gasteiger partial charge on any atom is -0.296 e. The number of amides is 2. The van der Waals surface area contributed by atoms with Crippen molar-refractivity contribution in [3.63, 3.8) is 0 Å². The lowest BCUT2D eigenvalue weighted by atomic mass is 9.70. The second-order valence-corrected chi connectivity index (χ2v) is 8.80. The molecule has 3 nitrogen and oxygen atoms in total. The summed E-state index contributed by atoms with van der Waals surface area (Å²) in [5.41, 5.74) is 3.06. The van der Waals surface area contributed by atoms with Crippen LogP contribution in [0, 0.1) is 22.7 Å². The van der Waals surface area contributed by atoms with Crippen LogP contribution >= 0.6 is 0 Å². The van der Waals surface area contributed by atoms with Crippen LogP contribution in [0.2, 0.25) is 0 Å². The van der Waals surface area contributed by atoms with Gasteiger partial charge in [0.15, 0.2) is 0 Å².